The van der Waals surface area contributed by atoms with Gasteiger partial charge in [-0.2, -0.15) is 0 Å². The molecule has 3 aromatic rings. The van der Waals surface area contributed by atoms with E-state index in [1.165, 1.54) is 22.3 Å². The second-order valence-electron chi connectivity index (χ2n) is 5.34. The minimum absolute atomic E-state index is 0.917. The molecule has 0 aliphatic heterocycles. The van der Waals surface area contributed by atoms with Gasteiger partial charge in [-0.1, -0.05) is 6.07 Å². The normalized spacial score (nSPS) is 11.0. The van der Waals surface area contributed by atoms with Crippen LogP contribution in [-0.4, -0.2) is 9.97 Å². The van der Waals surface area contributed by atoms with E-state index in [2.05, 4.69) is 42.5 Å². The van der Waals surface area contributed by atoms with Gasteiger partial charge in [0.05, 0.1) is 12.6 Å². The van der Waals surface area contributed by atoms with E-state index in [0.717, 1.165) is 16.9 Å². The summed E-state index contributed by atoms with van der Waals surface area (Å²) < 4.78 is 2.05. The molecule has 0 aliphatic rings. The number of pyridine rings is 1. The summed E-state index contributed by atoms with van der Waals surface area (Å²) >= 11 is 0. The molecule has 0 aliphatic carbocycles. The molecule has 0 N–H and O–H groups in total. The summed E-state index contributed by atoms with van der Waals surface area (Å²) in [5.74, 6) is 0.981. The van der Waals surface area contributed by atoms with E-state index in [-0.39, 0.29) is 0 Å². The molecule has 0 saturated carbocycles. The Hall–Kier alpha value is -2.29. The molecule has 0 atom stereocenters. The minimum atomic E-state index is 0.917. The van der Waals surface area contributed by atoms with Crippen molar-refractivity contribution >= 4 is 11.0 Å². The molecule has 0 bridgehead atoms. The molecular weight excluding hydrogens is 246 g/mol. The molecule has 0 unspecified atom stereocenters. The Morgan fingerprint density at radius 1 is 1.05 bits per heavy atom. The van der Waals surface area contributed by atoms with Gasteiger partial charge in [-0.25, -0.2) is 9.55 Å². The Balaban J connectivity index is 2.32. The maximum absolute atomic E-state index is 4.79. The van der Waals surface area contributed by atoms with E-state index in [1.807, 2.05) is 25.4 Å². The Morgan fingerprint density at radius 2 is 1.85 bits per heavy atom. The van der Waals surface area contributed by atoms with Gasteiger partial charge in [0.25, 0.3) is 0 Å². The highest BCUT2D eigenvalue weighted by Gasteiger charge is 2.18. The van der Waals surface area contributed by atoms with Gasteiger partial charge < -0.3 is 0 Å². The number of hydrogen-bond donors (Lipinski definition) is 0. The summed E-state index contributed by atoms with van der Waals surface area (Å²) in [5, 5.41) is 0. The lowest BCUT2D eigenvalue weighted by atomic mass is 9.99. The average Bonchev–Trinajstić information content (AvgIpc) is 2.42. The smallest absolute Gasteiger partial charge is 0.248 e. The van der Waals surface area contributed by atoms with Crippen LogP contribution in [0.1, 0.15) is 16.7 Å². The van der Waals surface area contributed by atoms with Crippen LogP contribution in [0.4, 0.5) is 0 Å². The van der Waals surface area contributed by atoms with E-state index < -0.39 is 0 Å². The molecule has 20 heavy (non-hydrogen) atoms. The molecule has 2 aromatic heterocycles. The number of aromatic nitrogens is 3. The number of fused-ring (bicyclic) bond motifs is 1. The quantitative estimate of drug-likeness (QED) is 0.632. The Bertz CT molecular complexity index is 807. The molecule has 0 fully saturated rings. The van der Waals surface area contributed by atoms with Crippen molar-refractivity contribution in [2.45, 2.75) is 20.8 Å². The number of nitrogens with zero attached hydrogens (tertiary/aromatic N) is 3. The molecule has 0 spiro atoms. The third kappa shape index (κ3) is 2.05. The summed E-state index contributed by atoms with van der Waals surface area (Å²) in [7, 11) is 2.02. The van der Waals surface area contributed by atoms with Crippen molar-refractivity contribution in [3.05, 3.63) is 53.3 Å². The predicted octanol–water partition coefficient (Wildman–Crippen LogP) is 3.05. The topological polar surface area (TPSA) is 29.7 Å². The summed E-state index contributed by atoms with van der Waals surface area (Å²) in [5.41, 5.74) is 6.88. The first kappa shape index (κ1) is 12.7. The average molecular weight is 264 g/mol. The highest BCUT2D eigenvalue weighted by Crippen LogP contribution is 2.24. The molecule has 3 heteroatoms. The predicted molar refractivity (Wildman–Crippen MR) is 80.4 cm³/mol. The molecule has 0 amide bonds. The van der Waals surface area contributed by atoms with E-state index >= 15 is 0 Å². The maximum atomic E-state index is 4.79. The lowest BCUT2D eigenvalue weighted by Gasteiger charge is -2.08. The molecule has 3 nitrogen and oxygen atoms in total. The van der Waals surface area contributed by atoms with Crippen molar-refractivity contribution < 1.29 is 4.57 Å². The SMILES string of the molecule is Cc1cc(C)c(C)c(-c2nc3cccnc3c[n+]2C)c1. The number of rotatable bonds is 1. The van der Waals surface area contributed by atoms with Crippen LogP contribution in [0.15, 0.2) is 36.7 Å². The van der Waals surface area contributed by atoms with E-state index in [0.29, 0.717) is 0 Å². The number of hydrogen-bond acceptors (Lipinski definition) is 2. The number of aryl methyl sites for hydroxylation is 3. The molecule has 1 aromatic carbocycles. The third-order valence-electron chi connectivity index (χ3n) is 3.75. The first-order chi connectivity index (χ1) is 9.56. The monoisotopic (exact) mass is 264 g/mol. The van der Waals surface area contributed by atoms with Crippen molar-refractivity contribution in [3.63, 3.8) is 0 Å². The van der Waals surface area contributed by atoms with Crippen LogP contribution in [0.2, 0.25) is 0 Å². The second-order valence-corrected chi connectivity index (χ2v) is 5.34. The molecule has 0 radical (unpaired) electrons. The van der Waals surface area contributed by atoms with Crippen molar-refractivity contribution in [2.75, 3.05) is 0 Å². The molecule has 0 saturated heterocycles. The van der Waals surface area contributed by atoms with Crippen LogP contribution in [0.3, 0.4) is 0 Å². The van der Waals surface area contributed by atoms with Gasteiger partial charge in [0.2, 0.25) is 5.52 Å². The largest absolute Gasteiger partial charge is 0.331 e. The van der Waals surface area contributed by atoms with Crippen LogP contribution in [0.25, 0.3) is 22.4 Å². The van der Waals surface area contributed by atoms with Crippen LogP contribution < -0.4 is 4.57 Å². The molecule has 2 heterocycles. The summed E-state index contributed by atoms with van der Waals surface area (Å²) in [6.45, 7) is 6.42. The van der Waals surface area contributed by atoms with Crippen molar-refractivity contribution in [1.29, 1.82) is 0 Å². The zero-order valence-electron chi connectivity index (χ0n) is 12.3. The maximum Gasteiger partial charge on any atom is 0.331 e. The fourth-order valence-corrected chi connectivity index (χ4v) is 2.56. The Kier molecular flexibility index (Phi) is 2.97. The van der Waals surface area contributed by atoms with Gasteiger partial charge in [-0.05, 0) is 60.6 Å². The first-order valence-electron chi connectivity index (χ1n) is 6.76. The lowest BCUT2D eigenvalue weighted by molar-refractivity contribution is -0.661. The zero-order valence-corrected chi connectivity index (χ0v) is 12.3. The molecule has 100 valence electrons. The second kappa shape index (κ2) is 4.67. The third-order valence-corrected chi connectivity index (χ3v) is 3.75. The summed E-state index contributed by atoms with van der Waals surface area (Å²) in [6.07, 6.45) is 3.83. The van der Waals surface area contributed by atoms with E-state index in [9.17, 15) is 0 Å². The summed E-state index contributed by atoms with van der Waals surface area (Å²) in [6, 6.07) is 8.34. The lowest BCUT2D eigenvalue weighted by Crippen LogP contribution is -2.32. The highest BCUT2D eigenvalue weighted by atomic mass is 15.0. The molecular formula is C17H18N3+. The van der Waals surface area contributed by atoms with Crippen LogP contribution in [-0.2, 0) is 7.05 Å². The Labute approximate surface area is 118 Å². The van der Waals surface area contributed by atoms with Gasteiger partial charge in [-0.3, -0.25) is 0 Å². The first-order valence-corrected chi connectivity index (χ1v) is 6.76. The van der Waals surface area contributed by atoms with Gasteiger partial charge >= 0.3 is 5.82 Å². The highest BCUT2D eigenvalue weighted by molar-refractivity contribution is 5.74. The van der Waals surface area contributed by atoms with Gasteiger partial charge in [0.15, 0.2) is 5.52 Å². The van der Waals surface area contributed by atoms with Crippen LogP contribution in [0, 0.1) is 20.8 Å². The van der Waals surface area contributed by atoms with Crippen molar-refractivity contribution in [1.82, 2.24) is 9.97 Å². The van der Waals surface area contributed by atoms with Gasteiger partial charge in [0, 0.05) is 6.20 Å². The van der Waals surface area contributed by atoms with Crippen LogP contribution in [0.5, 0.6) is 0 Å². The molecule has 3 rings (SSSR count). The van der Waals surface area contributed by atoms with Crippen LogP contribution >= 0.6 is 0 Å². The van der Waals surface area contributed by atoms with Gasteiger partial charge in [-0.15, -0.1) is 0 Å². The van der Waals surface area contributed by atoms with E-state index in [4.69, 9.17) is 4.98 Å². The fourth-order valence-electron chi connectivity index (χ4n) is 2.56. The zero-order chi connectivity index (χ0) is 14.3. The fraction of sp³-hybridized carbons (Fsp3) is 0.235. The Morgan fingerprint density at radius 3 is 2.65 bits per heavy atom. The van der Waals surface area contributed by atoms with Gasteiger partial charge in [0.1, 0.15) is 6.20 Å². The summed E-state index contributed by atoms with van der Waals surface area (Å²) in [4.78, 5) is 9.14. The number of benzene rings is 1. The minimum Gasteiger partial charge on any atom is -0.248 e. The van der Waals surface area contributed by atoms with Crippen molar-refractivity contribution in [3.8, 4) is 11.4 Å². The van der Waals surface area contributed by atoms with Crippen molar-refractivity contribution in [2.24, 2.45) is 7.05 Å². The standard InChI is InChI=1S/C17H18N3/c1-11-8-12(2)13(3)14(9-11)17-19-15-6-5-7-18-16(15)10-20(17)4/h5-10H,1-4H3/q+1. The van der Waals surface area contributed by atoms with E-state index in [1.54, 1.807) is 6.20 Å².